The average Bonchev–Trinajstić information content (AvgIpc) is 2.04. The topological polar surface area (TPSA) is 43.5 Å². The SMILES string of the molecule is CC.CC(C)C.CCCCNC.O. The molecule has 2 nitrogen and oxygen atoms in total. The Balaban J connectivity index is -0.0000000512. The third kappa shape index (κ3) is 138. The molecule has 0 unspecified atom stereocenters. The van der Waals surface area contributed by atoms with Crippen molar-refractivity contribution in [3.63, 3.8) is 0 Å². The van der Waals surface area contributed by atoms with Crippen LogP contribution >= 0.6 is 0 Å². The van der Waals surface area contributed by atoms with E-state index in [1.807, 2.05) is 20.9 Å². The molecular weight excluding hydrogens is 162 g/mol. The van der Waals surface area contributed by atoms with Crippen LogP contribution in [0.1, 0.15) is 54.4 Å². The lowest BCUT2D eigenvalue weighted by molar-refractivity contribution is 0.711. The molecule has 0 fully saturated rings. The van der Waals surface area contributed by atoms with Gasteiger partial charge in [0.1, 0.15) is 0 Å². The Morgan fingerprint density at radius 3 is 1.46 bits per heavy atom. The minimum atomic E-state index is 0. The lowest BCUT2D eigenvalue weighted by atomic mass is 10.3. The Morgan fingerprint density at radius 2 is 1.38 bits per heavy atom. The van der Waals surface area contributed by atoms with E-state index in [0.717, 1.165) is 12.5 Å². The van der Waals surface area contributed by atoms with Crippen LogP contribution in [0.4, 0.5) is 0 Å². The van der Waals surface area contributed by atoms with E-state index in [9.17, 15) is 0 Å². The van der Waals surface area contributed by atoms with E-state index in [1.54, 1.807) is 0 Å². The molecule has 0 saturated carbocycles. The van der Waals surface area contributed by atoms with Gasteiger partial charge in [-0.25, -0.2) is 0 Å². The minimum Gasteiger partial charge on any atom is -0.412 e. The number of unbranched alkanes of at least 4 members (excludes halogenated alkanes) is 1. The molecule has 0 aliphatic carbocycles. The van der Waals surface area contributed by atoms with Gasteiger partial charge in [-0.2, -0.15) is 0 Å². The molecule has 0 aromatic carbocycles. The monoisotopic (exact) mass is 193 g/mol. The highest BCUT2D eigenvalue weighted by Gasteiger charge is 1.73. The van der Waals surface area contributed by atoms with Gasteiger partial charge in [0.15, 0.2) is 0 Å². The molecular formula is C11H31NO. The van der Waals surface area contributed by atoms with Crippen molar-refractivity contribution in [2.24, 2.45) is 5.92 Å². The molecule has 0 bridgehead atoms. The number of hydrogen-bond donors (Lipinski definition) is 1. The molecule has 0 aromatic rings. The zero-order valence-corrected chi connectivity index (χ0v) is 10.7. The molecule has 13 heavy (non-hydrogen) atoms. The molecule has 0 heterocycles. The maximum Gasteiger partial charge on any atom is -0.00520 e. The highest BCUT2D eigenvalue weighted by molar-refractivity contribution is 4.34. The highest BCUT2D eigenvalue weighted by Crippen LogP contribution is 1.81. The molecule has 0 atom stereocenters. The van der Waals surface area contributed by atoms with Crippen LogP contribution < -0.4 is 5.32 Å². The van der Waals surface area contributed by atoms with Gasteiger partial charge < -0.3 is 10.8 Å². The van der Waals surface area contributed by atoms with Crippen LogP contribution in [-0.4, -0.2) is 19.1 Å². The number of nitrogens with one attached hydrogen (secondary N) is 1. The van der Waals surface area contributed by atoms with E-state index >= 15 is 0 Å². The Morgan fingerprint density at radius 1 is 1.08 bits per heavy atom. The van der Waals surface area contributed by atoms with Gasteiger partial charge in [-0.15, -0.1) is 0 Å². The third-order valence-electron chi connectivity index (χ3n) is 0.780. The summed E-state index contributed by atoms with van der Waals surface area (Å²) in [6, 6.07) is 0. The van der Waals surface area contributed by atoms with Crippen molar-refractivity contribution >= 4 is 0 Å². The Kier molecular flexibility index (Phi) is 52.7. The van der Waals surface area contributed by atoms with Crippen LogP contribution in [0, 0.1) is 5.92 Å². The van der Waals surface area contributed by atoms with Gasteiger partial charge in [0.05, 0.1) is 0 Å². The van der Waals surface area contributed by atoms with Gasteiger partial charge in [0.2, 0.25) is 0 Å². The molecule has 86 valence electrons. The molecule has 0 radical (unpaired) electrons. The summed E-state index contributed by atoms with van der Waals surface area (Å²) in [6.07, 6.45) is 2.59. The van der Waals surface area contributed by atoms with Gasteiger partial charge in [0.25, 0.3) is 0 Å². The Hall–Kier alpha value is -0.0800. The second-order valence-electron chi connectivity index (χ2n) is 3.19. The van der Waals surface area contributed by atoms with Crippen LogP contribution in [0.5, 0.6) is 0 Å². The van der Waals surface area contributed by atoms with E-state index in [1.165, 1.54) is 12.8 Å². The fourth-order valence-corrected chi connectivity index (χ4v) is 0.354. The summed E-state index contributed by atoms with van der Waals surface area (Å²) >= 11 is 0. The van der Waals surface area contributed by atoms with Crippen LogP contribution in [-0.2, 0) is 0 Å². The fraction of sp³-hybridized carbons (Fsp3) is 1.00. The molecule has 0 aromatic heterocycles. The van der Waals surface area contributed by atoms with Crippen molar-refractivity contribution in [1.29, 1.82) is 0 Å². The summed E-state index contributed by atoms with van der Waals surface area (Å²) < 4.78 is 0. The largest absolute Gasteiger partial charge is 0.412 e. The van der Waals surface area contributed by atoms with Gasteiger partial charge in [-0.3, -0.25) is 0 Å². The van der Waals surface area contributed by atoms with Crippen molar-refractivity contribution in [3.8, 4) is 0 Å². The molecule has 0 rings (SSSR count). The van der Waals surface area contributed by atoms with Gasteiger partial charge >= 0.3 is 0 Å². The Labute approximate surface area is 85.4 Å². The van der Waals surface area contributed by atoms with Gasteiger partial charge in [-0.1, -0.05) is 48.0 Å². The zero-order chi connectivity index (χ0) is 10.4. The fourth-order valence-electron chi connectivity index (χ4n) is 0.354. The maximum absolute atomic E-state index is 3.07. The minimum absolute atomic E-state index is 0. The zero-order valence-electron chi connectivity index (χ0n) is 10.7. The summed E-state index contributed by atoms with van der Waals surface area (Å²) in [5.41, 5.74) is 0. The second kappa shape index (κ2) is 29.7. The molecule has 3 N–H and O–H groups in total. The van der Waals surface area contributed by atoms with Gasteiger partial charge in [-0.05, 0) is 25.9 Å². The van der Waals surface area contributed by atoms with Crippen molar-refractivity contribution in [2.45, 2.75) is 54.4 Å². The summed E-state index contributed by atoms with van der Waals surface area (Å²) in [5, 5.41) is 3.07. The molecule has 0 spiro atoms. The molecule has 0 saturated heterocycles. The summed E-state index contributed by atoms with van der Waals surface area (Å²) in [6.45, 7) is 13.9. The maximum atomic E-state index is 3.07. The van der Waals surface area contributed by atoms with Crippen LogP contribution in [0.3, 0.4) is 0 Å². The second-order valence-corrected chi connectivity index (χ2v) is 3.19. The standard InChI is InChI=1S/C5H13N.C4H10.C2H6.H2O/c1-3-4-5-6-2;1-4(2)3;1-2;/h6H,3-5H2,1-2H3;4H,1-3H3;1-2H3;1H2. The summed E-state index contributed by atoms with van der Waals surface area (Å²) in [5.74, 6) is 0.833. The predicted molar refractivity (Wildman–Crippen MR) is 64.3 cm³/mol. The lowest BCUT2D eigenvalue weighted by Gasteiger charge is -1.89. The van der Waals surface area contributed by atoms with E-state index in [2.05, 4.69) is 33.0 Å². The molecule has 0 aliphatic heterocycles. The van der Waals surface area contributed by atoms with Crippen molar-refractivity contribution < 1.29 is 5.48 Å². The average molecular weight is 193 g/mol. The van der Waals surface area contributed by atoms with Crippen LogP contribution in [0.15, 0.2) is 0 Å². The highest BCUT2D eigenvalue weighted by atomic mass is 16.0. The van der Waals surface area contributed by atoms with Gasteiger partial charge in [0, 0.05) is 0 Å². The summed E-state index contributed by atoms with van der Waals surface area (Å²) in [7, 11) is 1.98. The normalized spacial score (nSPS) is 7.38. The van der Waals surface area contributed by atoms with E-state index in [-0.39, 0.29) is 5.48 Å². The van der Waals surface area contributed by atoms with Crippen molar-refractivity contribution in [2.75, 3.05) is 13.6 Å². The van der Waals surface area contributed by atoms with E-state index in [0.29, 0.717) is 0 Å². The predicted octanol–water partition coefficient (Wildman–Crippen LogP) is 2.87. The first kappa shape index (κ1) is 23.1. The summed E-state index contributed by atoms with van der Waals surface area (Å²) in [4.78, 5) is 0. The molecule has 0 aliphatic rings. The molecule has 0 amide bonds. The van der Waals surface area contributed by atoms with Crippen molar-refractivity contribution in [1.82, 2.24) is 5.32 Å². The third-order valence-corrected chi connectivity index (χ3v) is 0.780. The smallest absolute Gasteiger partial charge is 0.00520 e. The quantitative estimate of drug-likeness (QED) is 0.688. The first-order chi connectivity index (χ1) is 5.65. The van der Waals surface area contributed by atoms with Crippen molar-refractivity contribution in [3.05, 3.63) is 0 Å². The van der Waals surface area contributed by atoms with Crippen LogP contribution in [0.2, 0.25) is 0 Å². The number of rotatable bonds is 3. The Bertz CT molecular complexity index is 40.6. The first-order valence-corrected chi connectivity index (χ1v) is 5.29. The number of hydrogen-bond acceptors (Lipinski definition) is 1. The van der Waals surface area contributed by atoms with E-state index < -0.39 is 0 Å². The lowest BCUT2D eigenvalue weighted by Crippen LogP contribution is -2.06. The first-order valence-electron chi connectivity index (χ1n) is 5.29. The molecule has 2 heteroatoms. The van der Waals surface area contributed by atoms with Crippen LogP contribution in [0.25, 0.3) is 0 Å². The van der Waals surface area contributed by atoms with E-state index in [4.69, 9.17) is 0 Å².